The van der Waals surface area contributed by atoms with Crippen molar-refractivity contribution in [3.05, 3.63) is 47.7 Å². The van der Waals surface area contributed by atoms with E-state index in [4.69, 9.17) is 0 Å². The lowest BCUT2D eigenvalue weighted by atomic mass is 10.0. The molecule has 1 saturated heterocycles. The standard InChI is InChI=1S/C19H26N4O/c1-21-11-9-18(10-12-21)23(3)19(24)17(13-20)15-22(2)14-16-7-5-4-6-8-16/h4-8,15,18H,9-12,14H2,1-3H3/b17-15-. The van der Waals surface area contributed by atoms with Crippen LogP contribution in [0.5, 0.6) is 0 Å². The van der Waals surface area contributed by atoms with Crippen LogP contribution in [0.15, 0.2) is 42.1 Å². The third-order valence-corrected chi connectivity index (χ3v) is 4.53. The molecule has 0 N–H and O–H groups in total. The molecule has 0 aliphatic carbocycles. The first kappa shape index (κ1) is 18.0. The number of nitrogens with zero attached hydrogens (tertiary/aromatic N) is 4. The van der Waals surface area contributed by atoms with E-state index in [-0.39, 0.29) is 17.5 Å². The summed E-state index contributed by atoms with van der Waals surface area (Å²) in [5.74, 6) is -0.188. The SMILES string of the molecule is CN(/C=C(/C#N)C(=O)N(C)C1CCN(C)CC1)Cc1ccccc1. The lowest BCUT2D eigenvalue weighted by molar-refractivity contribution is -0.128. The first-order chi connectivity index (χ1) is 11.5. The van der Waals surface area contributed by atoms with E-state index in [1.54, 1.807) is 18.1 Å². The van der Waals surface area contributed by atoms with Crippen molar-refractivity contribution in [2.45, 2.75) is 25.4 Å². The average Bonchev–Trinajstić information content (AvgIpc) is 2.60. The van der Waals surface area contributed by atoms with Crippen LogP contribution < -0.4 is 0 Å². The Morgan fingerprint density at radius 1 is 1.29 bits per heavy atom. The zero-order valence-electron chi connectivity index (χ0n) is 14.8. The largest absolute Gasteiger partial charge is 0.375 e. The van der Waals surface area contributed by atoms with E-state index < -0.39 is 0 Å². The predicted octanol–water partition coefficient (Wildman–Crippen LogP) is 2.08. The summed E-state index contributed by atoms with van der Waals surface area (Å²) in [6.07, 6.45) is 3.56. The minimum Gasteiger partial charge on any atom is -0.375 e. The van der Waals surface area contributed by atoms with E-state index in [9.17, 15) is 10.1 Å². The van der Waals surface area contributed by atoms with Gasteiger partial charge in [0.15, 0.2) is 0 Å². The highest BCUT2D eigenvalue weighted by Gasteiger charge is 2.26. The Bertz CT molecular complexity index is 612. The van der Waals surface area contributed by atoms with Gasteiger partial charge < -0.3 is 14.7 Å². The first-order valence-electron chi connectivity index (χ1n) is 8.33. The molecule has 1 aromatic carbocycles. The summed E-state index contributed by atoms with van der Waals surface area (Å²) in [5.41, 5.74) is 1.33. The van der Waals surface area contributed by atoms with Crippen LogP contribution >= 0.6 is 0 Å². The highest BCUT2D eigenvalue weighted by molar-refractivity contribution is 5.97. The highest BCUT2D eigenvalue weighted by atomic mass is 16.2. The normalized spacial score (nSPS) is 16.5. The molecule has 1 aromatic rings. The van der Waals surface area contributed by atoms with E-state index in [0.717, 1.165) is 31.5 Å². The summed E-state index contributed by atoms with van der Waals surface area (Å²) in [6, 6.07) is 12.3. The fourth-order valence-corrected chi connectivity index (χ4v) is 3.01. The zero-order valence-corrected chi connectivity index (χ0v) is 14.8. The Balaban J connectivity index is 2.00. The summed E-state index contributed by atoms with van der Waals surface area (Å²) < 4.78 is 0. The fraction of sp³-hybridized carbons (Fsp3) is 0.474. The Hall–Kier alpha value is -2.32. The molecule has 24 heavy (non-hydrogen) atoms. The van der Waals surface area contributed by atoms with Crippen molar-refractivity contribution in [2.75, 3.05) is 34.2 Å². The van der Waals surface area contributed by atoms with Crippen LogP contribution in [0, 0.1) is 11.3 Å². The predicted molar refractivity (Wildman–Crippen MR) is 94.9 cm³/mol. The van der Waals surface area contributed by atoms with E-state index >= 15 is 0 Å². The lowest BCUT2D eigenvalue weighted by Gasteiger charge is -2.35. The average molecular weight is 326 g/mol. The monoisotopic (exact) mass is 326 g/mol. The molecule has 128 valence electrons. The first-order valence-corrected chi connectivity index (χ1v) is 8.33. The maximum absolute atomic E-state index is 12.6. The molecule has 1 aliphatic rings. The number of hydrogen-bond donors (Lipinski definition) is 0. The van der Waals surface area contributed by atoms with Gasteiger partial charge in [-0.2, -0.15) is 5.26 Å². The van der Waals surface area contributed by atoms with Gasteiger partial charge in [0, 0.05) is 32.9 Å². The second kappa shape index (κ2) is 8.51. The molecule has 0 radical (unpaired) electrons. The minimum atomic E-state index is -0.188. The van der Waals surface area contributed by atoms with Crippen molar-refractivity contribution in [2.24, 2.45) is 0 Å². The maximum Gasteiger partial charge on any atom is 0.265 e. The molecular formula is C19H26N4O. The molecule has 1 heterocycles. The third-order valence-electron chi connectivity index (χ3n) is 4.53. The zero-order chi connectivity index (χ0) is 17.5. The van der Waals surface area contributed by atoms with Crippen LogP contribution in [-0.4, -0.2) is 60.9 Å². The van der Waals surface area contributed by atoms with Crippen LogP contribution in [-0.2, 0) is 11.3 Å². The summed E-state index contributed by atoms with van der Waals surface area (Å²) in [6.45, 7) is 2.64. The van der Waals surface area contributed by atoms with Gasteiger partial charge in [-0.05, 0) is 38.5 Å². The van der Waals surface area contributed by atoms with Gasteiger partial charge in [0.1, 0.15) is 11.6 Å². The highest BCUT2D eigenvalue weighted by Crippen LogP contribution is 2.16. The molecule has 0 unspecified atom stereocenters. The van der Waals surface area contributed by atoms with E-state index in [1.807, 2.05) is 42.3 Å². The molecule has 5 nitrogen and oxygen atoms in total. The number of piperidine rings is 1. The summed E-state index contributed by atoms with van der Waals surface area (Å²) >= 11 is 0. The fourth-order valence-electron chi connectivity index (χ4n) is 3.01. The van der Waals surface area contributed by atoms with Crippen LogP contribution in [0.4, 0.5) is 0 Å². The van der Waals surface area contributed by atoms with Crippen LogP contribution in [0.3, 0.4) is 0 Å². The van der Waals surface area contributed by atoms with Gasteiger partial charge in [-0.1, -0.05) is 30.3 Å². The molecule has 0 atom stereocenters. The number of nitriles is 1. The van der Waals surface area contributed by atoms with Gasteiger partial charge in [-0.15, -0.1) is 0 Å². The second-order valence-electron chi connectivity index (χ2n) is 6.51. The molecule has 2 rings (SSSR count). The molecule has 1 aliphatic heterocycles. The van der Waals surface area contributed by atoms with Gasteiger partial charge in [0.05, 0.1) is 0 Å². The number of likely N-dealkylation sites (tertiary alicyclic amines) is 1. The number of hydrogen-bond acceptors (Lipinski definition) is 4. The van der Waals surface area contributed by atoms with Gasteiger partial charge in [-0.3, -0.25) is 4.79 Å². The van der Waals surface area contributed by atoms with E-state index in [1.165, 1.54) is 0 Å². The van der Waals surface area contributed by atoms with Gasteiger partial charge in [-0.25, -0.2) is 0 Å². The van der Waals surface area contributed by atoms with Crippen molar-refractivity contribution in [1.82, 2.24) is 14.7 Å². The van der Waals surface area contributed by atoms with Crippen LogP contribution in [0.25, 0.3) is 0 Å². The summed E-state index contributed by atoms with van der Waals surface area (Å²) in [7, 11) is 5.78. The Kier molecular flexibility index (Phi) is 6.39. The summed E-state index contributed by atoms with van der Waals surface area (Å²) in [4.78, 5) is 18.5. The Labute approximate surface area is 144 Å². The van der Waals surface area contributed by atoms with Crippen molar-refractivity contribution < 1.29 is 4.79 Å². The lowest BCUT2D eigenvalue weighted by Crippen LogP contribution is -2.45. The van der Waals surface area contributed by atoms with Crippen molar-refractivity contribution >= 4 is 5.91 Å². The quantitative estimate of drug-likeness (QED) is 0.614. The number of amides is 1. The van der Waals surface area contributed by atoms with Crippen molar-refractivity contribution in [3.63, 3.8) is 0 Å². The number of carbonyl (C=O) groups is 1. The number of rotatable bonds is 5. The molecule has 1 fully saturated rings. The molecule has 0 saturated carbocycles. The number of likely N-dealkylation sites (N-methyl/N-ethyl adjacent to an activating group) is 1. The second-order valence-corrected chi connectivity index (χ2v) is 6.51. The minimum absolute atomic E-state index is 0.188. The van der Waals surface area contributed by atoms with E-state index in [0.29, 0.717) is 6.54 Å². The Morgan fingerprint density at radius 2 is 1.92 bits per heavy atom. The van der Waals surface area contributed by atoms with Crippen LogP contribution in [0.1, 0.15) is 18.4 Å². The molecule has 0 aromatic heterocycles. The van der Waals surface area contributed by atoms with Gasteiger partial charge in [0.25, 0.3) is 5.91 Å². The van der Waals surface area contributed by atoms with Crippen LogP contribution in [0.2, 0.25) is 0 Å². The summed E-state index contributed by atoms with van der Waals surface area (Å²) in [5, 5.41) is 9.40. The third kappa shape index (κ3) is 4.84. The van der Waals surface area contributed by atoms with Crippen molar-refractivity contribution in [3.8, 4) is 6.07 Å². The Morgan fingerprint density at radius 3 is 2.50 bits per heavy atom. The molecule has 0 bridgehead atoms. The molecule has 0 spiro atoms. The molecule has 1 amide bonds. The number of benzene rings is 1. The van der Waals surface area contributed by atoms with E-state index in [2.05, 4.69) is 18.0 Å². The van der Waals surface area contributed by atoms with Crippen molar-refractivity contribution in [1.29, 1.82) is 5.26 Å². The maximum atomic E-state index is 12.6. The topological polar surface area (TPSA) is 50.6 Å². The number of carbonyl (C=O) groups excluding carboxylic acids is 1. The van der Waals surface area contributed by atoms with Gasteiger partial charge >= 0.3 is 0 Å². The molecular weight excluding hydrogens is 300 g/mol. The van der Waals surface area contributed by atoms with Gasteiger partial charge in [0.2, 0.25) is 0 Å². The molecule has 5 heteroatoms. The smallest absolute Gasteiger partial charge is 0.265 e.